The van der Waals surface area contributed by atoms with Crippen LogP contribution in [0.1, 0.15) is 26.3 Å². The highest BCUT2D eigenvalue weighted by Gasteiger charge is 2.12. The van der Waals surface area contributed by atoms with Crippen molar-refractivity contribution in [2.24, 2.45) is 0 Å². The third-order valence-electron chi connectivity index (χ3n) is 4.04. The Bertz CT molecular complexity index is 895. The Hall–Kier alpha value is -3.08. The van der Waals surface area contributed by atoms with Crippen LogP contribution in [0.5, 0.6) is 5.75 Å². The molecule has 1 heterocycles. The van der Waals surface area contributed by atoms with E-state index < -0.39 is 0 Å². The van der Waals surface area contributed by atoms with Crippen LogP contribution >= 0.6 is 0 Å². The standard InChI is InChI=1S/C22H26N4O/c1-5-26(18-10-8-9-17(4)15-18)21-13-14-23-22(25-21)24-19-11-6-7-12-20(19)27-16(2)3/h6-16H,5H2,1-4H3,(H,23,24,25). The highest BCUT2D eigenvalue weighted by atomic mass is 16.5. The van der Waals surface area contributed by atoms with Crippen molar-refractivity contribution in [3.63, 3.8) is 0 Å². The molecule has 0 aliphatic carbocycles. The predicted molar refractivity (Wildman–Crippen MR) is 111 cm³/mol. The molecule has 0 spiro atoms. The fraction of sp³-hybridized carbons (Fsp3) is 0.273. The Morgan fingerprint density at radius 2 is 1.89 bits per heavy atom. The number of anilines is 4. The molecule has 0 radical (unpaired) electrons. The summed E-state index contributed by atoms with van der Waals surface area (Å²) in [4.78, 5) is 11.3. The third-order valence-corrected chi connectivity index (χ3v) is 4.04. The van der Waals surface area contributed by atoms with Gasteiger partial charge in [0, 0.05) is 18.4 Å². The minimum atomic E-state index is 0.0945. The van der Waals surface area contributed by atoms with E-state index in [9.17, 15) is 0 Å². The molecule has 3 rings (SSSR count). The van der Waals surface area contributed by atoms with Gasteiger partial charge in [0.25, 0.3) is 0 Å². The zero-order chi connectivity index (χ0) is 19.2. The molecule has 5 heteroatoms. The lowest BCUT2D eigenvalue weighted by molar-refractivity contribution is 0.244. The van der Waals surface area contributed by atoms with Crippen molar-refractivity contribution < 1.29 is 4.74 Å². The van der Waals surface area contributed by atoms with E-state index in [-0.39, 0.29) is 6.10 Å². The Morgan fingerprint density at radius 3 is 2.63 bits per heavy atom. The van der Waals surface area contributed by atoms with Gasteiger partial charge in [-0.15, -0.1) is 0 Å². The van der Waals surface area contributed by atoms with Crippen molar-refractivity contribution in [3.8, 4) is 5.75 Å². The molecular weight excluding hydrogens is 336 g/mol. The second-order valence-corrected chi connectivity index (χ2v) is 6.61. The Morgan fingerprint density at radius 1 is 1.07 bits per heavy atom. The van der Waals surface area contributed by atoms with Gasteiger partial charge in [0.15, 0.2) is 0 Å². The van der Waals surface area contributed by atoms with Crippen molar-refractivity contribution >= 4 is 23.1 Å². The van der Waals surface area contributed by atoms with Crippen molar-refractivity contribution in [2.45, 2.75) is 33.8 Å². The SMILES string of the molecule is CCN(c1cccc(C)c1)c1ccnc(Nc2ccccc2OC(C)C)n1. The summed E-state index contributed by atoms with van der Waals surface area (Å²) < 4.78 is 5.87. The fourth-order valence-electron chi connectivity index (χ4n) is 2.88. The van der Waals surface area contributed by atoms with Crippen molar-refractivity contribution in [1.29, 1.82) is 0 Å². The summed E-state index contributed by atoms with van der Waals surface area (Å²) in [7, 11) is 0. The number of para-hydroxylation sites is 2. The van der Waals surface area contributed by atoms with Crippen LogP contribution in [0.2, 0.25) is 0 Å². The first kappa shape index (κ1) is 18.7. The molecular formula is C22H26N4O. The van der Waals surface area contributed by atoms with Crippen molar-refractivity contribution in [1.82, 2.24) is 9.97 Å². The van der Waals surface area contributed by atoms with Gasteiger partial charge in [0.05, 0.1) is 11.8 Å². The van der Waals surface area contributed by atoms with Crippen LogP contribution in [0.4, 0.5) is 23.1 Å². The van der Waals surface area contributed by atoms with Gasteiger partial charge < -0.3 is 15.0 Å². The number of aryl methyl sites for hydroxylation is 1. The number of ether oxygens (including phenoxy) is 1. The van der Waals surface area contributed by atoms with Crippen LogP contribution in [0, 0.1) is 6.92 Å². The summed E-state index contributed by atoms with van der Waals surface area (Å²) in [6.07, 6.45) is 1.87. The van der Waals surface area contributed by atoms with Crippen LogP contribution in [0.3, 0.4) is 0 Å². The van der Waals surface area contributed by atoms with Crippen LogP contribution in [0.15, 0.2) is 60.8 Å². The lowest BCUT2D eigenvalue weighted by atomic mass is 10.2. The molecule has 0 aliphatic heterocycles. The summed E-state index contributed by atoms with van der Waals surface area (Å²) in [5.41, 5.74) is 3.19. The third kappa shape index (κ3) is 4.76. The number of nitrogens with zero attached hydrogens (tertiary/aromatic N) is 3. The number of nitrogens with one attached hydrogen (secondary N) is 1. The van der Waals surface area contributed by atoms with Gasteiger partial charge in [0.1, 0.15) is 11.6 Å². The average molecular weight is 362 g/mol. The lowest BCUT2D eigenvalue weighted by Gasteiger charge is -2.23. The first-order valence-electron chi connectivity index (χ1n) is 9.26. The highest BCUT2D eigenvalue weighted by molar-refractivity contribution is 5.65. The molecule has 0 saturated carbocycles. The van der Waals surface area contributed by atoms with Crippen LogP contribution < -0.4 is 15.0 Å². The van der Waals surface area contributed by atoms with E-state index >= 15 is 0 Å². The summed E-state index contributed by atoms with van der Waals surface area (Å²) in [6.45, 7) is 9.04. The molecule has 0 saturated heterocycles. The molecule has 5 nitrogen and oxygen atoms in total. The zero-order valence-corrected chi connectivity index (χ0v) is 16.3. The van der Waals surface area contributed by atoms with E-state index in [1.807, 2.05) is 44.2 Å². The molecule has 1 N–H and O–H groups in total. The van der Waals surface area contributed by atoms with E-state index in [1.54, 1.807) is 6.20 Å². The average Bonchev–Trinajstić information content (AvgIpc) is 2.64. The molecule has 0 fully saturated rings. The maximum atomic E-state index is 5.87. The minimum Gasteiger partial charge on any atom is -0.489 e. The zero-order valence-electron chi connectivity index (χ0n) is 16.3. The molecule has 0 bridgehead atoms. The summed E-state index contributed by atoms with van der Waals surface area (Å²) >= 11 is 0. The van der Waals surface area contributed by atoms with Gasteiger partial charge in [-0.05, 0) is 63.6 Å². The second kappa shape index (κ2) is 8.54. The fourth-order valence-corrected chi connectivity index (χ4v) is 2.88. The summed E-state index contributed by atoms with van der Waals surface area (Å²) in [6, 6.07) is 18.2. The van der Waals surface area contributed by atoms with Crippen LogP contribution in [-0.4, -0.2) is 22.6 Å². The smallest absolute Gasteiger partial charge is 0.229 e. The van der Waals surface area contributed by atoms with Gasteiger partial charge in [-0.25, -0.2) is 4.98 Å². The van der Waals surface area contributed by atoms with Gasteiger partial charge in [-0.2, -0.15) is 4.98 Å². The van der Waals surface area contributed by atoms with E-state index in [0.29, 0.717) is 5.95 Å². The molecule has 140 valence electrons. The number of benzene rings is 2. The first-order valence-corrected chi connectivity index (χ1v) is 9.26. The Labute approximate surface area is 161 Å². The topological polar surface area (TPSA) is 50.3 Å². The lowest BCUT2D eigenvalue weighted by Crippen LogP contribution is -2.18. The van der Waals surface area contributed by atoms with Gasteiger partial charge >= 0.3 is 0 Å². The quantitative estimate of drug-likeness (QED) is 0.603. The maximum Gasteiger partial charge on any atom is 0.229 e. The van der Waals surface area contributed by atoms with E-state index in [1.165, 1.54) is 5.56 Å². The molecule has 2 aromatic carbocycles. The minimum absolute atomic E-state index is 0.0945. The number of hydrogen-bond acceptors (Lipinski definition) is 5. The normalized spacial score (nSPS) is 10.7. The van der Waals surface area contributed by atoms with Crippen LogP contribution in [0.25, 0.3) is 0 Å². The molecule has 27 heavy (non-hydrogen) atoms. The van der Waals surface area contributed by atoms with Crippen molar-refractivity contribution in [3.05, 3.63) is 66.4 Å². The van der Waals surface area contributed by atoms with Crippen LogP contribution in [-0.2, 0) is 0 Å². The van der Waals surface area contributed by atoms with E-state index in [4.69, 9.17) is 9.72 Å². The Balaban J connectivity index is 1.88. The number of aromatic nitrogens is 2. The molecule has 3 aromatic rings. The molecule has 0 aliphatic rings. The van der Waals surface area contributed by atoms with Gasteiger partial charge in [-0.1, -0.05) is 24.3 Å². The summed E-state index contributed by atoms with van der Waals surface area (Å²) in [5, 5.41) is 3.29. The highest BCUT2D eigenvalue weighted by Crippen LogP contribution is 2.29. The predicted octanol–water partition coefficient (Wildman–Crippen LogP) is 5.47. The summed E-state index contributed by atoms with van der Waals surface area (Å²) in [5.74, 6) is 2.17. The van der Waals surface area contributed by atoms with Gasteiger partial charge in [-0.3, -0.25) is 0 Å². The molecule has 0 atom stereocenters. The number of hydrogen-bond donors (Lipinski definition) is 1. The Kier molecular flexibility index (Phi) is 5.91. The van der Waals surface area contributed by atoms with E-state index in [0.717, 1.165) is 29.5 Å². The van der Waals surface area contributed by atoms with E-state index in [2.05, 4.69) is 53.3 Å². The van der Waals surface area contributed by atoms with Gasteiger partial charge in [0.2, 0.25) is 5.95 Å². The maximum absolute atomic E-state index is 5.87. The number of rotatable bonds is 7. The molecule has 1 aromatic heterocycles. The van der Waals surface area contributed by atoms with Crippen molar-refractivity contribution in [2.75, 3.05) is 16.8 Å². The molecule has 0 unspecified atom stereocenters. The molecule has 0 amide bonds. The first-order chi connectivity index (χ1) is 13.1. The second-order valence-electron chi connectivity index (χ2n) is 6.61. The largest absolute Gasteiger partial charge is 0.489 e. The monoisotopic (exact) mass is 362 g/mol.